The third-order valence-corrected chi connectivity index (χ3v) is 3.83. The van der Waals surface area contributed by atoms with Gasteiger partial charge in [0.2, 0.25) is 5.91 Å². The van der Waals surface area contributed by atoms with Crippen molar-refractivity contribution in [3.8, 4) is 5.75 Å². The van der Waals surface area contributed by atoms with Gasteiger partial charge in [0.25, 0.3) is 0 Å². The molecule has 1 aromatic carbocycles. The monoisotopic (exact) mass is 319 g/mol. The van der Waals surface area contributed by atoms with Crippen LogP contribution in [0.1, 0.15) is 12.8 Å². The average Bonchev–Trinajstić information content (AvgIpc) is 2.59. The van der Waals surface area contributed by atoms with Crippen LogP contribution in [-0.4, -0.2) is 73.5 Å². The minimum absolute atomic E-state index is 0.00774. The van der Waals surface area contributed by atoms with Crippen molar-refractivity contribution in [1.82, 2.24) is 14.7 Å². The fraction of sp³-hybridized carbons (Fsp3) is 0.529. The Kier molecular flexibility index (Phi) is 6.26. The van der Waals surface area contributed by atoms with E-state index in [1.54, 1.807) is 23.9 Å². The molecular formula is C17H25N3O3. The molecular weight excluding hydrogens is 294 g/mol. The van der Waals surface area contributed by atoms with E-state index < -0.39 is 0 Å². The van der Waals surface area contributed by atoms with Gasteiger partial charge >= 0.3 is 6.03 Å². The lowest BCUT2D eigenvalue weighted by Gasteiger charge is -2.36. The van der Waals surface area contributed by atoms with Gasteiger partial charge in [-0.15, -0.1) is 0 Å². The molecule has 3 amide bonds. The first-order chi connectivity index (χ1) is 11.1. The van der Waals surface area contributed by atoms with Gasteiger partial charge in [-0.25, -0.2) is 4.79 Å². The van der Waals surface area contributed by atoms with E-state index in [9.17, 15) is 9.59 Å². The zero-order chi connectivity index (χ0) is 16.7. The summed E-state index contributed by atoms with van der Waals surface area (Å²) in [6, 6.07) is 9.61. The molecule has 1 aromatic rings. The van der Waals surface area contributed by atoms with E-state index in [1.165, 1.54) is 0 Å². The number of hydrogen-bond acceptors (Lipinski definition) is 3. The number of urea groups is 1. The second-order valence-electron chi connectivity index (χ2n) is 5.81. The molecule has 23 heavy (non-hydrogen) atoms. The molecule has 0 radical (unpaired) electrons. The molecule has 0 atom stereocenters. The Labute approximate surface area is 137 Å². The summed E-state index contributed by atoms with van der Waals surface area (Å²) in [6.45, 7) is 2.96. The summed E-state index contributed by atoms with van der Waals surface area (Å²) in [7, 11) is 3.49. The van der Waals surface area contributed by atoms with Crippen molar-refractivity contribution in [1.29, 1.82) is 0 Å². The molecule has 0 spiro atoms. The third kappa shape index (κ3) is 5.16. The highest BCUT2D eigenvalue weighted by molar-refractivity contribution is 5.77. The number of nitrogens with zero attached hydrogens (tertiary/aromatic N) is 3. The van der Waals surface area contributed by atoms with E-state index in [4.69, 9.17) is 4.74 Å². The maximum atomic E-state index is 12.2. The highest BCUT2D eigenvalue weighted by atomic mass is 16.5. The highest BCUT2D eigenvalue weighted by Gasteiger charge is 2.24. The Morgan fingerprint density at radius 2 is 1.65 bits per heavy atom. The van der Waals surface area contributed by atoms with Gasteiger partial charge in [-0.1, -0.05) is 18.2 Å². The van der Waals surface area contributed by atoms with Crippen molar-refractivity contribution in [2.45, 2.75) is 12.8 Å². The summed E-state index contributed by atoms with van der Waals surface area (Å²) in [4.78, 5) is 29.2. The average molecular weight is 319 g/mol. The van der Waals surface area contributed by atoms with Crippen LogP contribution in [0, 0.1) is 0 Å². The molecule has 1 fully saturated rings. The second kappa shape index (κ2) is 8.41. The number of rotatable bonds is 5. The molecule has 2 rings (SSSR count). The minimum Gasteiger partial charge on any atom is -0.494 e. The number of carbonyl (C=O) groups excluding carboxylic acids is 2. The van der Waals surface area contributed by atoms with Crippen molar-refractivity contribution in [2.75, 3.05) is 46.9 Å². The van der Waals surface area contributed by atoms with E-state index in [-0.39, 0.29) is 11.9 Å². The summed E-state index contributed by atoms with van der Waals surface area (Å²) < 4.78 is 5.59. The lowest BCUT2D eigenvalue weighted by molar-refractivity contribution is -0.132. The van der Waals surface area contributed by atoms with Gasteiger partial charge in [-0.3, -0.25) is 4.79 Å². The Balaban J connectivity index is 1.64. The number of piperazine rings is 1. The van der Waals surface area contributed by atoms with Gasteiger partial charge in [0, 0.05) is 46.7 Å². The number of benzene rings is 1. The molecule has 1 heterocycles. The highest BCUT2D eigenvalue weighted by Crippen LogP contribution is 2.10. The van der Waals surface area contributed by atoms with Gasteiger partial charge in [0.05, 0.1) is 6.61 Å². The molecule has 6 heteroatoms. The summed E-state index contributed by atoms with van der Waals surface area (Å²) in [5.41, 5.74) is 0. The van der Waals surface area contributed by atoms with Crippen LogP contribution in [0.5, 0.6) is 5.75 Å². The molecule has 6 nitrogen and oxygen atoms in total. The van der Waals surface area contributed by atoms with Crippen LogP contribution >= 0.6 is 0 Å². The zero-order valence-corrected chi connectivity index (χ0v) is 13.9. The molecule has 1 aliphatic heterocycles. The van der Waals surface area contributed by atoms with Crippen LogP contribution in [0.2, 0.25) is 0 Å². The predicted octanol–water partition coefficient (Wildman–Crippen LogP) is 1.67. The molecule has 0 aromatic heterocycles. The molecule has 0 saturated carbocycles. The fourth-order valence-electron chi connectivity index (χ4n) is 2.52. The summed E-state index contributed by atoms with van der Waals surface area (Å²) in [5.74, 6) is 0.967. The lowest BCUT2D eigenvalue weighted by Crippen LogP contribution is -2.52. The largest absolute Gasteiger partial charge is 0.494 e. The van der Waals surface area contributed by atoms with E-state index in [1.807, 2.05) is 35.2 Å². The molecule has 0 unspecified atom stereocenters. The number of para-hydroxylation sites is 1. The SMILES string of the molecule is CN(C)C(=O)N1CCN(C(=O)CCCOc2ccccc2)CC1. The summed E-state index contributed by atoms with van der Waals surface area (Å²) in [5, 5.41) is 0. The standard InChI is InChI=1S/C17H25N3O3/c1-18(2)17(22)20-12-10-19(11-13-20)16(21)9-6-14-23-15-7-4-3-5-8-15/h3-5,7-8H,6,9-14H2,1-2H3. The van der Waals surface area contributed by atoms with Crippen LogP contribution < -0.4 is 4.74 Å². The van der Waals surface area contributed by atoms with E-state index in [2.05, 4.69) is 0 Å². The molecule has 126 valence electrons. The van der Waals surface area contributed by atoms with E-state index in [0.717, 1.165) is 5.75 Å². The summed E-state index contributed by atoms with van der Waals surface area (Å²) in [6.07, 6.45) is 1.18. The molecule has 1 saturated heterocycles. The van der Waals surface area contributed by atoms with Gasteiger partial charge in [-0.2, -0.15) is 0 Å². The Bertz CT molecular complexity index is 511. The van der Waals surface area contributed by atoms with Crippen molar-refractivity contribution in [3.05, 3.63) is 30.3 Å². The quantitative estimate of drug-likeness (QED) is 0.776. The normalized spacial score (nSPS) is 14.5. The van der Waals surface area contributed by atoms with Crippen molar-refractivity contribution in [2.24, 2.45) is 0 Å². The predicted molar refractivity (Wildman–Crippen MR) is 88.4 cm³/mol. The Hall–Kier alpha value is -2.24. The maximum Gasteiger partial charge on any atom is 0.319 e. The molecule has 0 bridgehead atoms. The van der Waals surface area contributed by atoms with Crippen LogP contribution in [0.15, 0.2) is 30.3 Å². The van der Waals surface area contributed by atoms with Crippen molar-refractivity contribution in [3.63, 3.8) is 0 Å². The minimum atomic E-state index is 0.00774. The fourth-order valence-corrected chi connectivity index (χ4v) is 2.52. The van der Waals surface area contributed by atoms with Crippen molar-refractivity contribution < 1.29 is 14.3 Å². The molecule has 0 aliphatic carbocycles. The van der Waals surface area contributed by atoms with Crippen LogP contribution in [-0.2, 0) is 4.79 Å². The van der Waals surface area contributed by atoms with Crippen LogP contribution in [0.25, 0.3) is 0 Å². The van der Waals surface area contributed by atoms with Gasteiger partial charge in [0.1, 0.15) is 5.75 Å². The number of ether oxygens (including phenoxy) is 1. The van der Waals surface area contributed by atoms with Crippen LogP contribution in [0.4, 0.5) is 4.79 Å². The van der Waals surface area contributed by atoms with Gasteiger partial charge in [-0.05, 0) is 18.6 Å². The van der Waals surface area contributed by atoms with Crippen molar-refractivity contribution >= 4 is 11.9 Å². The lowest BCUT2D eigenvalue weighted by atomic mass is 10.2. The summed E-state index contributed by atoms with van der Waals surface area (Å²) >= 11 is 0. The van der Waals surface area contributed by atoms with Gasteiger partial charge < -0.3 is 19.4 Å². The van der Waals surface area contributed by atoms with Crippen LogP contribution in [0.3, 0.4) is 0 Å². The zero-order valence-electron chi connectivity index (χ0n) is 13.9. The Morgan fingerprint density at radius 1 is 1.04 bits per heavy atom. The number of amides is 3. The number of hydrogen-bond donors (Lipinski definition) is 0. The topological polar surface area (TPSA) is 53.1 Å². The van der Waals surface area contributed by atoms with E-state index >= 15 is 0 Å². The first kappa shape index (κ1) is 17.1. The Morgan fingerprint density at radius 3 is 2.26 bits per heavy atom. The first-order valence-electron chi connectivity index (χ1n) is 8.00. The van der Waals surface area contributed by atoms with Gasteiger partial charge in [0.15, 0.2) is 0 Å². The molecule has 0 N–H and O–H groups in total. The second-order valence-corrected chi connectivity index (χ2v) is 5.81. The molecule has 1 aliphatic rings. The number of carbonyl (C=O) groups is 2. The maximum absolute atomic E-state index is 12.2. The smallest absolute Gasteiger partial charge is 0.319 e. The van der Waals surface area contributed by atoms with E-state index in [0.29, 0.717) is 45.6 Å². The first-order valence-corrected chi connectivity index (χ1v) is 8.00. The third-order valence-electron chi connectivity index (χ3n) is 3.83.